The van der Waals surface area contributed by atoms with Gasteiger partial charge in [-0.05, 0) is 20.8 Å². The first-order valence-electron chi connectivity index (χ1n) is 4.69. The SMILES string of the molecule is C=C(C)C(=O)OCC(C)C(C)(C)O[SiH3]. The van der Waals surface area contributed by atoms with Gasteiger partial charge in [0.2, 0.25) is 0 Å². The molecule has 0 heterocycles. The van der Waals surface area contributed by atoms with Crippen LogP contribution in [0.15, 0.2) is 12.2 Å². The van der Waals surface area contributed by atoms with Crippen molar-refractivity contribution in [3.8, 4) is 0 Å². The maximum atomic E-state index is 11.1. The van der Waals surface area contributed by atoms with Crippen LogP contribution in [-0.2, 0) is 14.0 Å². The number of esters is 1. The summed E-state index contributed by atoms with van der Waals surface area (Å²) in [7, 11) is 0.687. The van der Waals surface area contributed by atoms with E-state index in [0.29, 0.717) is 22.7 Å². The van der Waals surface area contributed by atoms with Crippen LogP contribution >= 0.6 is 0 Å². The molecule has 0 aromatic rings. The van der Waals surface area contributed by atoms with Crippen molar-refractivity contribution in [3.05, 3.63) is 12.2 Å². The van der Waals surface area contributed by atoms with E-state index in [1.165, 1.54) is 0 Å². The molecule has 1 unspecified atom stereocenters. The molecule has 0 aromatic heterocycles. The van der Waals surface area contributed by atoms with E-state index in [1.54, 1.807) is 6.92 Å². The fourth-order valence-corrected chi connectivity index (χ4v) is 1.13. The second kappa shape index (κ2) is 5.31. The third-order valence-electron chi connectivity index (χ3n) is 2.53. The van der Waals surface area contributed by atoms with Gasteiger partial charge in [-0.1, -0.05) is 13.5 Å². The lowest BCUT2D eigenvalue weighted by Gasteiger charge is -2.30. The lowest BCUT2D eigenvalue weighted by Crippen LogP contribution is -2.35. The first-order chi connectivity index (χ1) is 6.31. The summed E-state index contributed by atoms with van der Waals surface area (Å²) in [5.74, 6) is -0.149. The van der Waals surface area contributed by atoms with Crippen LogP contribution in [0.3, 0.4) is 0 Å². The van der Waals surface area contributed by atoms with Gasteiger partial charge in [0.15, 0.2) is 0 Å². The number of carbonyl (C=O) groups is 1. The number of hydrogen-bond acceptors (Lipinski definition) is 3. The van der Waals surface area contributed by atoms with Gasteiger partial charge in [0.1, 0.15) is 10.5 Å². The molecule has 0 radical (unpaired) electrons. The van der Waals surface area contributed by atoms with E-state index < -0.39 is 0 Å². The van der Waals surface area contributed by atoms with E-state index in [9.17, 15) is 4.79 Å². The second-order valence-electron chi connectivity index (χ2n) is 4.09. The van der Waals surface area contributed by atoms with Crippen LogP contribution in [0, 0.1) is 5.92 Å². The Morgan fingerprint density at radius 2 is 2.07 bits per heavy atom. The number of ether oxygens (including phenoxy) is 1. The van der Waals surface area contributed by atoms with Crippen molar-refractivity contribution < 1.29 is 14.0 Å². The van der Waals surface area contributed by atoms with Crippen LogP contribution in [0.25, 0.3) is 0 Å². The Balaban J connectivity index is 4.03. The van der Waals surface area contributed by atoms with Crippen LogP contribution in [0.1, 0.15) is 27.7 Å². The summed E-state index contributed by atoms with van der Waals surface area (Å²) in [6.45, 7) is 11.5. The van der Waals surface area contributed by atoms with E-state index in [-0.39, 0.29) is 17.5 Å². The third kappa shape index (κ3) is 4.06. The van der Waals surface area contributed by atoms with Crippen LogP contribution in [0.4, 0.5) is 0 Å². The van der Waals surface area contributed by atoms with Crippen molar-refractivity contribution in [2.45, 2.75) is 33.3 Å². The zero-order valence-electron chi connectivity index (χ0n) is 9.72. The first-order valence-corrected chi connectivity index (χ1v) is 5.50. The molecular formula is C10H20O3Si. The van der Waals surface area contributed by atoms with Gasteiger partial charge in [-0.15, -0.1) is 0 Å². The Kier molecular flexibility index (Phi) is 5.08. The smallest absolute Gasteiger partial charge is 0.333 e. The standard InChI is InChI=1S/C10H20O3Si/c1-7(2)9(11)12-6-8(3)10(4,5)13-14/h8H,1,6H2,2-5,14H3. The topological polar surface area (TPSA) is 35.5 Å². The van der Waals surface area contributed by atoms with Gasteiger partial charge in [0.25, 0.3) is 0 Å². The number of hydrogen-bond donors (Lipinski definition) is 0. The summed E-state index contributed by atoms with van der Waals surface area (Å²) in [4.78, 5) is 11.1. The molecular weight excluding hydrogens is 196 g/mol. The largest absolute Gasteiger partial charge is 0.462 e. The quantitative estimate of drug-likeness (QED) is 0.388. The maximum absolute atomic E-state index is 11.1. The molecule has 0 fully saturated rings. The molecule has 0 spiro atoms. The summed E-state index contributed by atoms with van der Waals surface area (Å²) in [5, 5.41) is 0. The average Bonchev–Trinajstić information content (AvgIpc) is 2.13. The molecule has 0 saturated carbocycles. The molecule has 0 saturated heterocycles. The van der Waals surface area contributed by atoms with Crippen molar-refractivity contribution in [3.63, 3.8) is 0 Å². The highest BCUT2D eigenvalue weighted by Gasteiger charge is 2.25. The summed E-state index contributed by atoms with van der Waals surface area (Å²) in [5.41, 5.74) is 0.212. The van der Waals surface area contributed by atoms with Gasteiger partial charge < -0.3 is 9.16 Å². The fourth-order valence-electron chi connectivity index (χ4n) is 0.726. The Labute approximate surface area is 89.0 Å². The molecule has 0 rings (SSSR count). The van der Waals surface area contributed by atoms with Gasteiger partial charge >= 0.3 is 5.97 Å². The van der Waals surface area contributed by atoms with Gasteiger partial charge in [0.05, 0.1) is 12.2 Å². The van der Waals surface area contributed by atoms with E-state index in [4.69, 9.17) is 9.16 Å². The van der Waals surface area contributed by atoms with Crippen molar-refractivity contribution in [2.24, 2.45) is 5.92 Å². The van der Waals surface area contributed by atoms with Crippen LogP contribution < -0.4 is 0 Å². The van der Waals surface area contributed by atoms with Crippen LogP contribution in [0.5, 0.6) is 0 Å². The molecule has 0 N–H and O–H groups in total. The highest BCUT2D eigenvalue weighted by Crippen LogP contribution is 2.20. The first kappa shape index (κ1) is 13.4. The van der Waals surface area contributed by atoms with Crippen LogP contribution in [-0.4, -0.2) is 28.7 Å². The summed E-state index contributed by atoms with van der Waals surface area (Å²) >= 11 is 0. The average molecular weight is 216 g/mol. The lowest BCUT2D eigenvalue weighted by atomic mass is 9.94. The third-order valence-corrected chi connectivity index (χ3v) is 3.58. The molecule has 0 bridgehead atoms. The maximum Gasteiger partial charge on any atom is 0.333 e. The highest BCUT2D eigenvalue weighted by molar-refractivity contribution is 5.98. The second-order valence-corrected chi connectivity index (χ2v) is 4.50. The van der Waals surface area contributed by atoms with Gasteiger partial charge in [0, 0.05) is 11.5 Å². The molecule has 14 heavy (non-hydrogen) atoms. The lowest BCUT2D eigenvalue weighted by molar-refractivity contribution is -0.142. The minimum atomic E-state index is -0.332. The Morgan fingerprint density at radius 3 is 2.43 bits per heavy atom. The van der Waals surface area contributed by atoms with Gasteiger partial charge in [-0.3, -0.25) is 0 Å². The molecule has 1 atom stereocenters. The number of rotatable bonds is 5. The molecule has 82 valence electrons. The summed E-state index contributed by atoms with van der Waals surface area (Å²) in [6.07, 6.45) is 0. The van der Waals surface area contributed by atoms with Crippen LogP contribution in [0.2, 0.25) is 0 Å². The molecule has 0 amide bonds. The molecule has 4 heteroatoms. The zero-order valence-corrected chi connectivity index (χ0v) is 11.7. The van der Waals surface area contributed by atoms with E-state index in [1.807, 2.05) is 20.8 Å². The van der Waals surface area contributed by atoms with E-state index in [0.717, 1.165) is 0 Å². The van der Waals surface area contributed by atoms with E-state index >= 15 is 0 Å². The van der Waals surface area contributed by atoms with Crippen molar-refractivity contribution in [1.29, 1.82) is 0 Å². The van der Waals surface area contributed by atoms with Crippen molar-refractivity contribution in [2.75, 3.05) is 6.61 Å². The fraction of sp³-hybridized carbons (Fsp3) is 0.700. The molecule has 3 nitrogen and oxygen atoms in total. The van der Waals surface area contributed by atoms with Gasteiger partial charge in [-0.2, -0.15) is 0 Å². The molecule has 0 aromatic carbocycles. The zero-order chi connectivity index (χ0) is 11.4. The van der Waals surface area contributed by atoms with Gasteiger partial charge in [-0.25, -0.2) is 4.79 Å². The normalized spacial score (nSPS) is 13.7. The van der Waals surface area contributed by atoms with Crippen molar-refractivity contribution in [1.82, 2.24) is 0 Å². The monoisotopic (exact) mass is 216 g/mol. The van der Waals surface area contributed by atoms with Crippen molar-refractivity contribution >= 4 is 16.5 Å². The predicted molar refractivity (Wildman–Crippen MR) is 60.0 cm³/mol. The predicted octanol–water partition coefficient (Wildman–Crippen LogP) is 0.817. The molecule has 0 aliphatic carbocycles. The molecule has 0 aliphatic heterocycles. The summed E-state index contributed by atoms with van der Waals surface area (Å²) in [6, 6.07) is 0. The van der Waals surface area contributed by atoms with E-state index in [2.05, 4.69) is 6.58 Å². The highest BCUT2D eigenvalue weighted by atomic mass is 28.2. The number of carbonyl (C=O) groups excluding carboxylic acids is 1. The molecule has 0 aliphatic rings. The Morgan fingerprint density at radius 1 is 1.57 bits per heavy atom. The Bertz CT molecular complexity index is 223. The minimum Gasteiger partial charge on any atom is -0.462 e. The minimum absolute atomic E-state index is 0.184. The Hall–Kier alpha value is -0.613. The summed E-state index contributed by atoms with van der Waals surface area (Å²) < 4.78 is 10.5.